The predicted molar refractivity (Wildman–Crippen MR) is 99.9 cm³/mol. The van der Waals surface area contributed by atoms with Crippen LogP contribution in [0.25, 0.3) is 0 Å². The molecular weight excluding hydrogens is 326 g/mol. The largest absolute Gasteiger partial charge is 0.494 e. The Balaban J connectivity index is 1.53. The number of carbonyl (C=O) groups is 1. The first kappa shape index (κ1) is 18.0. The molecule has 0 spiro atoms. The second-order valence-corrected chi connectivity index (χ2v) is 6.34. The first-order valence-electron chi connectivity index (χ1n) is 8.93. The van der Waals surface area contributed by atoms with E-state index in [2.05, 4.69) is 23.1 Å². The minimum atomic E-state index is 0.00261. The Hall–Kier alpha value is -2.84. The second kappa shape index (κ2) is 8.50. The molecule has 134 valence electrons. The van der Waals surface area contributed by atoms with Crippen LogP contribution in [0.15, 0.2) is 48.5 Å². The van der Waals surface area contributed by atoms with Crippen LogP contribution >= 0.6 is 0 Å². The van der Waals surface area contributed by atoms with Gasteiger partial charge in [-0.2, -0.15) is 5.26 Å². The number of carbonyl (C=O) groups excluding carboxylic acids is 1. The Morgan fingerprint density at radius 3 is 2.50 bits per heavy atom. The zero-order valence-corrected chi connectivity index (χ0v) is 15.0. The monoisotopic (exact) mass is 349 g/mol. The van der Waals surface area contributed by atoms with E-state index in [-0.39, 0.29) is 5.91 Å². The number of benzene rings is 2. The number of nitrogens with zero attached hydrogens (tertiary/aromatic N) is 3. The van der Waals surface area contributed by atoms with Crippen molar-refractivity contribution in [2.45, 2.75) is 13.5 Å². The van der Waals surface area contributed by atoms with Crippen LogP contribution in [0.4, 0.5) is 0 Å². The van der Waals surface area contributed by atoms with Gasteiger partial charge in [-0.3, -0.25) is 9.69 Å². The number of hydrogen-bond donors (Lipinski definition) is 0. The molecule has 0 unspecified atom stereocenters. The SMILES string of the molecule is CCOc1ccc(CN2CCN(C(=O)c3cccc(C#N)c3)CC2)cc1. The molecule has 1 heterocycles. The van der Waals surface area contributed by atoms with Crippen molar-refractivity contribution in [1.29, 1.82) is 5.26 Å². The molecule has 1 saturated heterocycles. The fraction of sp³-hybridized carbons (Fsp3) is 0.333. The summed E-state index contributed by atoms with van der Waals surface area (Å²) in [5, 5.41) is 8.99. The van der Waals surface area contributed by atoms with E-state index >= 15 is 0 Å². The molecule has 3 rings (SSSR count). The highest BCUT2D eigenvalue weighted by Gasteiger charge is 2.22. The Labute approximate surface area is 154 Å². The van der Waals surface area contributed by atoms with Crippen LogP contribution in [0.3, 0.4) is 0 Å². The van der Waals surface area contributed by atoms with Crippen molar-refractivity contribution < 1.29 is 9.53 Å². The van der Waals surface area contributed by atoms with E-state index in [1.807, 2.05) is 24.0 Å². The lowest BCUT2D eigenvalue weighted by atomic mass is 10.1. The van der Waals surface area contributed by atoms with Crippen LogP contribution in [0.5, 0.6) is 5.75 Å². The molecule has 1 fully saturated rings. The maximum atomic E-state index is 12.6. The zero-order chi connectivity index (χ0) is 18.4. The van der Waals surface area contributed by atoms with E-state index in [1.54, 1.807) is 24.3 Å². The first-order chi connectivity index (χ1) is 12.7. The van der Waals surface area contributed by atoms with Gasteiger partial charge in [-0.15, -0.1) is 0 Å². The highest BCUT2D eigenvalue weighted by atomic mass is 16.5. The molecule has 0 N–H and O–H groups in total. The topological polar surface area (TPSA) is 56.6 Å². The summed E-state index contributed by atoms with van der Waals surface area (Å²) in [6.07, 6.45) is 0. The lowest BCUT2D eigenvalue weighted by Gasteiger charge is -2.34. The summed E-state index contributed by atoms with van der Waals surface area (Å²) in [5.41, 5.74) is 2.35. The van der Waals surface area contributed by atoms with E-state index < -0.39 is 0 Å². The lowest BCUT2D eigenvalue weighted by molar-refractivity contribution is 0.0628. The summed E-state index contributed by atoms with van der Waals surface area (Å²) in [6, 6.07) is 17.2. The van der Waals surface area contributed by atoms with Crippen molar-refractivity contribution in [1.82, 2.24) is 9.80 Å². The number of amides is 1. The van der Waals surface area contributed by atoms with E-state index in [9.17, 15) is 4.79 Å². The van der Waals surface area contributed by atoms with Gasteiger partial charge in [0.05, 0.1) is 18.2 Å². The van der Waals surface area contributed by atoms with Crippen molar-refractivity contribution in [3.8, 4) is 11.8 Å². The number of hydrogen-bond acceptors (Lipinski definition) is 4. The van der Waals surface area contributed by atoms with Crippen LogP contribution in [0.1, 0.15) is 28.4 Å². The van der Waals surface area contributed by atoms with Gasteiger partial charge in [-0.25, -0.2) is 0 Å². The Bertz CT molecular complexity index is 788. The van der Waals surface area contributed by atoms with Crippen molar-refractivity contribution in [3.05, 3.63) is 65.2 Å². The number of rotatable bonds is 5. The average molecular weight is 349 g/mol. The van der Waals surface area contributed by atoms with Gasteiger partial charge >= 0.3 is 0 Å². The van der Waals surface area contributed by atoms with E-state index in [1.165, 1.54) is 5.56 Å². The van der Waals surface area contributed by atoms with Gasteiger partial charge in [0, 0.05) is 38.3 Å². The number of piperazine rings is 1. The van der Waals surface area contributed by atoms with Crippen molar-refractivity contribution in [2.24, 2.45) is 0 Å². The molecule has 1 aliphatic rings. The molecule has 1 aliphatic heterocycles. The third-order valence-corrected chi connectivity index (χ3v) is 4.54. The zero-order valence-electron chi connectivity index (χ0n) is 15.0. The molecule has 0 atom stereocenters. The van der Waals surface area contributed by atoms with Gasteiger partial charge in [0.25, 0.3) is 5.91 Å². The fourth-order valence-electron chi connectivity index (χ4n) is 3.13. The minimum Gasteiger partial charge on any atom is -0.494 e. The molecular formula is C21H23N3O2. The van der Waals surface area contributed by atoms with Crippen LogP contribution < -0.4 is 4.74 Å². The number of nitriles is 1. The highest BCUT2D eigenvalue weighted by molar-refractivity contribution is 5.94. The molecule has 0 saturated carbocycles. The Morgan fingerprint density at radius 1 is 1.12 bits per heavy atom. The number of ether oxygens (including phenoxy) is 1. The molecule has 2 aromatic rings. The van der Waals surface area contributed by atoms with Crippen molar-refractivity contribution in [3.63, 3.8) is 0 Å². The van der Waals surface area contributed by atoms with Gasteiger partial charge < -0.3 is 9.64 Å². The Kier molecular flexibility index (Phi) is 5.88. The average Bonchev–Trinajstić information content (AvgIpc) is 2.70. The van der Waals surface area contributed by atoms with Gasteiger partial charge in [0.15, 0.2) is 0 Å². The predicted octanol–water partition coefficient (Wildman–Crippen LogP) is 2.91. The third-order valence-electron chi connectivity index (χ3n) is 4.54. The van der Waals surface area contributed by atoms with Gasteiger partial charge in [-0.05, 0) is 42.8 Å². The highest BCUT2D eigenvalue weighted by Crippen LogP contribution is 2.16. The lowest BCUT2D eigenvalue weighted by Crippen LogP contribution is -2.48. The van der Waals surface area contributed by atoms with Crippen LogP contribution in [0.2, 0.25) is 0 Å². The molecule has 0 aliphatic carbocycles. The summed E-state index contributed by atoms with van der Waals surface area (Å²) >= 11 is 0. The maximum absolute atomic E-state index is 12.6. The maximum Gasteiger partial charge on any atom is 0.253 e. The smallest absolute Gasteiger partial charge is 0.253 e. The van der Waals surface area contributed by atoms with Crippen molar-refractivity contribution >= 4 is 5.91 Å². The molecule has 1 amide bonds. The molecule has 26 heavy (non-hydrogen) atoms. The second-order valence-electron chi connectivity index (χ2n) is 6.34. The van der Waals surface area contributed by atoms with Crippen molar-refractivity contribution in [2.75, 3.05) is 32.8 Å². The molecule has 0 bridgehead atoms. The third kappa shape index (κ3) is 4.41. The summed E-state index contributed by atoms with van der Waals surface area (Å²) in [6.45, 7) is 6.61. The summed E-state index contributed by atoms with van der Waals surface area (Å²) in [4.78, 5) is 16.8. The standard InChI is InChI=1S/C21H23N3O2/c1-2-26-20-8-6-17(7-9-20)16-23-10-12-24(13-11-23)21(25)19-5-3-4-18(14-19)15-22/h3-9,14H,2,10-13,16H2,1H3. The van der Waals surface area contributed by atoms with E-state index in [0.717, 1.165) is 25.4 Å². The fourth-order valence-corrected chi connectivity index (χ4v) is 3.13. The van der Waals surface area contributed by atoms with Gasteiger partial charge in [-0.1, -0.05) is 18.2 Å². The molecule has 0 radical (unpaired) electrons. The Morgan fingerprint density at radius 2 is 1.85 bits per heavy atom. The minimum absolute atomic E-state index is 0.00261. The van der Waals surface area contributed by atoms with E-state index in [0.29, 0.717) is 30.8 Å². The van der Waals surface area contributed by atoms with Crippen LogP contribution in [-0.4, -0.2) is 48.5 Å². The van der Waals surface area contributed by atoms with Gasteiger partial charge in [0.1, 0.15) is 5.75 Å². The van der Waals surface area contributed by atoms with Crippen LogP contribution in [-0.2, 0) is 6.54 Å². The summed E-state index contributed by atoms with van der Waals surface area (Å²) in [5.74, 6) is 0.897. The molecule has 5 nitrogen and oxygen atoms in total. The summed E-state index contributed by atoms with van der Waals surface area (Å²) < 4.78 is 5.47. The molecule has 2 aromatic carbocycles. The quantitative estimate of drug-likeness (QED) is 0.833. The summed E-state index contributed by atoms with van der Waals surface area (Å²) in [7, 11) is 0. The molecule has 0 aromatic heterocycles. The van der Waals surface area contributed by atoms with Crippen LogP contribution in [0, 0.1) is 11.3 Å². The molecule has 5 heteroatoms. The van der Waals surface area contributed by atoms with Gasteiger partial charge in [0.2, 0.25) is 0 Å². The van der Waals surface area contributed by atoms with E-state index in [4.69, 9.17) is 10.00 Å². The first-order valence-corrected chi connectivity index (χ1v) is 8.93. The normalized spacial score (nSPS) is 14.7.